The largest absolute Gasteiger partial charge is 0.335 e. The maximum absolute atomic E-state index is 13.3. The highest BCUT2D eigenvalue weighted by molar-refractivity contribution is 9.10. The number of nitrogens with two attached hydrogens (primary N) is 1. The summed E-state index contributed by atoms with van der Waals surface area (Å²) in [5.41, 5.74) is 6.40. The molecule has 0 amide bonds. The monoisotopic (exact) mass is 325 g/mol. The first-order valence-corrected chi connectivity index (χ1v) is 6.59. The Labute approximate surface area is 118 Å². The Bertz CT molecular complexity index is 597. The third kappa shape index (κ3) is 3.27. The minimum absolute atomic E-state index is 0.109. The lowest BCUT2D eigenvalue weighted by atomic mass is 10.1. The van der Waals surface area contributed by atoms with Crippen molar-refractivity contribution in [3.05, 3.63) is 52.3 Å². The average molecular weight is 326 g/mol. The maximum atomic E-state index is 13.3. The first-order chi connectivity index (χ1) is 9.11. The molecule has 1 aromatic heterocycles. The fourth-order valence-electron chi connectivity index (χ4n) is 1.72. The molecule has 6 heteroatoms. The van der Waals surface area contributed by atoms with Gasteiger partial charge in [-0.05, 0) is 27.6 Å². The van der Waals surface area contributed by atoms with E-state index in [1.54, 1.807) is 29.2 Å². The lowest BCUT2D eigenvalue weighted by molar-refractivity contribution is 0.0988. The minimum Gasteiger partial charge on any atom is -0.335 e. The molecule has 2 aromatic rings. The van der Waals surface area contributed by atoms with Crippen molar-refractivity contribution in [3.63, 3.8) is 0 Å². The average Bonchev–Trinajstić information content (AvgIpc) is 2.84. The molecular weight excluding hydrogens is 313 g/mol. The fraction of sp³-hybridized carbons (Fsp3) is 0.231. The van der Waals surface area contributed by atoms with Crippen molar-refractivity contribution in [1.82, 2.24) is 9.55 Å². The summed E-state index contributed by atoms with van der Waals surface area (Å²) >= 11 is 3.14. The standard InChI is InChI=1S/C13H13BrFN3O/c14-13-9(2-1-3-10(13)15)6-12(19)11-7-18(5-4-16)8-17-11/h1-3,7-8H,4-6,16H2. The Hall–Kier alpha value is -1.53. The van der Waals surface area contributed by atoms with Gasteiger partial charge in [0.1, 0.15) is 11.5 Å². The van der Waals surface area contributed by atoms with E-state index < -0.39 is 0 Å². The number of halogens is 2. The summed E-state index contributed by atoms with van der Waals surface area (Å²) in [5.74, 6) is -0.527. The number of rotatable bonds is 5. The molecule has 2 rings (SSSR count). The predicted molar refractivity (Wildman–Crippen MR) is 73.4 cm³/mol. The van der Waals surface area contributed by atoms with Crippen molar-refractivity contribution in [1.29, 1.82) is 0 Å². The molecule has 0 atom stereocenters. The number of hydrogen-bond donors (Lipinski definition) is 1. The number of imidazole rings is 1. The van der Waals surface area contributed by atoms with E-state index in [2.05, 4.69) is 20.9 Å². The van der Waals surface area contributed by atoms with Crippen LogP contribution in [0.4, 0.5) is 4.39 Å². The molecule has 1 heterocycles. The summed E-state index contributed by atoms with van der Waals surface area (Å²) in [6, 6.07) is 4.63. The highest BCUT2D eigenvalue weighted by Crippen LogP contribution is 2.21. The molecule has 0 radical (unpaired) electrons. The molecule has 0 saturated heterocycles. The third-order valence-electron chi connectivity index (χ3n) is 2.69. The van der Waals surface area contributed by atoms with E-state index in [9.17, 15) is 9.18 Å². The van der Waals surface area contributed by atoms with Crippen molar-refractivity contribution >= 4 is 21.7 Å². The molecule has 0 spiro atoms. The Kier molecular flexibility index (Phi) is 4.44. The smallest absolute Gasteiger partial charge is 0.187 e. The second-order valence-corrected chi connectivity index (χ2v) is 4.89. The number of hydrogen-bond acceptors (Lipinski definition) is 3. The zero-order valence-corrected chi connectivity index (χ0v) is 11.7. The second-order valence-electron chi connectivity index (χ2n) is 4.10. The zero-order valence-electron chi connectivity index (χ0n) is 10.1. The Balaban J connectivity index is 2.14. The van der Waals surface area contributed by atoms with Crippen LogP contribution in [0.1, 0.15) is 16.1 Å². The van der Waals surface area contributed by atoms with Crippen LogP contribution in [0.25, 0.3) is 0 Å². The molecule has 1 aromatic carbocycles. The van der Waals surface area contributed by atoms with Gasteiger partial charge >= 0.3 is 0 Å². The van der Waals surface area contributed by atoms with Gasteiger partial charge in [0.25, 0.3) is 0 Å². The van der Waals surface area contributed by atoms with Crippen molar-refractivity contribution in [2.75, 3.05) is 6.54 Å². The fourth-order valence-corrected chi connectivity index (χ4v) is 2.13. The maximum Gasteiger partial charge on any atom is 0.187 e. The van der Waals surface area contributed by atoms with Crippen molar-refractivity contribution in [2.45, 2.75) is 13.0 Å². The van der Waals surface area contributed by atoms with E-state index >= 15 is 0 Å². The predicted octanol–water partition coefficient (Wildman–Crippen LogP) is 2.17. The quantitative estimate of drug-likeness (QED) is 0.857. The molecule has 0 bridgehead atoms. The molecule has 0 saturated carbocycles. The van der Waals surface area contributed by atoms with Crippen LogP contribution in [0, 0.1) is 5.82 Å². The molecule has 4 nitrogen and oxygen atoms in total. The summed E-state index contributed by atoms with van der Waals surface area (Å²) in [4.78, 5) is 16.1. The van der Waals surface area contributed by atoms with E-state index in [1.807, 2.05) is 0 Å². The summed E-state index contributed by atoms with van der Waals surface area (Å²) < 4.78 is 15.4. The number of carbonyl (C=O) groups is 1. The normalized spacial score (nSPS) is 10.7. The molecule has 2 N–H and O–H groups in total. The van der Waals surface area contributed by atoms with Crippen LogP contribution in [0.5, 0.6) is 0 Å². The van der Waals surface area contributed by atoms with E-state index in [0.29, 0.717) is 28.8 Å². The molecule has 0 aliphatic carbocycles. The van der Waals surface area contributed by atoms with Crippen LogP contribution in [0.2, 0.25) is 0 Å². The van der Waals surface area contributed by atoms with Crippen LogP contribution in [0.15, 0.2) is 35.2 Å². The van der Waals surface area contributed by atoms with Gasteiger partial charge in [-0.2, -0.15) is 0 Å². The van der Waals surface area contributed by atoms with Gasteiger partial charge in [-0.25, -0.2) is 9.37 Å². The van der Waals surface area contributed by atoms with Gasteiger partial charge in [0.05, 0.1) is 10.8 Å². The highest BCUT2D eigenvalue weighted by atomic mass is 79.9. The summed E-state index contributed by atoms with van der Waals surface area (Å²) in [5, 5.41) is 0. The molecular formula is C13H13BrFN3O. The molecule has 19 heavy (non-hydrogen) atoms. The number of benzene rings is 1. The zero-order chi connectivity index (χ0) is 13.8. The van der Waals surface area contributed by atoms with Gasteiger partial charge in [0, 0.05) is 25.7 Å². The minimum atomic E-state index is -0.376. The number of Topliss-reactive ketones (excluding diaryl/α,β-unsaturated/α-hetero) is 1. The highest BCUT2D eigenvalue weighted by Gasteiger charge is 2.13. The molecule has 0 unspecified atom stereocenters. The topological polar surface area (TPSA) is 60.9 Å². The Morgan fingerprint density at radius 1 is 1.47 bits per heavy atom. The molecule has 100 valence electrons. The summed E-state index contributed by atoms with van der Waals surface area (Å²) in [7, 11) is 0. The second kappa shape index (κ2) is 6.08. The number of ketones is 1. The number of nitrogens with zero attached hydrogens (tertiary/aromatic N) is 2. The number of carbonyl (C=O) groups excluding carboxylic acids is 1. The molecule has 0 fully saturated rings. The molecule has 0 aliphatic heterocycles. The van der Waals surface area contributed by atoms with Crippen LogP contribution in [-0.4, -0.2) is 21.9 Å². The third-order valence-corrected chi connectivity index (χ3v) is 3.58. The van der Waals surface area contributed by atoms with Gasteiger partial charge < -0.3 is 10.3 Å². The van der Waals surface area contributed by atoms with Crippen LogP contribution >= 0.6 is 15.9 Å². The van der Waals surface area contributed by atoms with Gasteiger partial charge in [-0.15, -0.1) is 0 Å². The number of aromatic nitrogens is 2. The van der Waals surface area contributed by atoms with E-state index in [-0.39, 0.29) is 18.0 Å². The Morgan fingerprint density at radius 3 is 3.00 bits per heavy atom. The van der Waals surface area contributed by atoms with Gasteiger partial charge in [-0.3, -0.25) is 4.79 Å². The lowest BCUT2D eigenvalue weighted by Gasteiger charge is -2.03. The van der Waals surface area contributed by atoms with Crippen LogP contribution in [-0.2, 0) is 13.0 Å². The Morgan fingerprint density at radius 2 is 2.26 bits per heavy atom. The van der Waals surface area contributed by atoms with Crippen LogP contribution < -0.4 is 5.73 Å². The molecule has 0 aliphatic rings. The first-order valence-electron chi connectivity index (χ1n) is 5.79. The summed E-state index contributed by atoms with van der Waals surface area (Å²) in [6.07, 6.45) is 3.33. The lowest BCUT2D eigenvalue weighted by Crippen LogP contribution is -2.08. The first kappa shape index (κ1) is 13.9. The SMILES string of the molecule is NCCn1cnc(C(=O)Cc2cccc(F)c2Br)c1. The van der Waals surface area contributed by atoms with Crippen molar-refractivity contribution < 1.29 is 9.18 Å². The summed E-state index contributed by atoms with van der Waals surface area (Å²) in [6.45, 7) is 1.10. The van der Waals surface area contributed by atoms with Gasteiger partial charge in [0.2, 0.25) is 0 Å². The van der Waals surface area contributed by atoms with Gasteiger partial charge in [0.15, 0.2) is 5.78 Å². The van der Waals surface area contributed by atoms with E-state index in [1.165, 1.54) is 6.07 Å². The van der Waals surface area contributed by atoms with Crippen LogP contribution in [0.3, 0.4) is 0 Å². The van der Waals surface area contributed by atoms with Crippen molar-refractivity contribution in [3.8, 4) is 0 Å². The van der Waals surface area contributed by atoms with Gasteiger partial charge in [-0.1, -0.05) is 12.1 Å². The van der Waals surface area contributed by atoms with Crippen molar-refractivity contribution in [2.24, 2.45) is 5.73 Å². The van der Waals surface area contributed by atoms with E-state index in [0.717, 1.165) is 0 Å². The van der Waals surface area contributed by atoms with E-state index in [4.69, 9.17) is 5.73 Å².